The van der Waals surface area contributed by atoms with Crippen molar-refractivity contribution in [1.82, 2.24) is 5.32 Å². The fourth-order valence-electron chi connectivity index (χ4n) is 1.07. The van der Waals surface area contributed by atoms with E-state index >= 15 is 0 Å². The van der Waals surface area contributed by atoms with Crippen LogP contribution in [0.3, 0.4) is 0 Å². The Hall–Kier alpha value is -0.360. The minimum absolute atomic E-state index is 0.0763. The summed E-state index contributed by atoms with van der Waals surface area (Å²) in [5, 5.41) is 2.75. The van der Waals surface area contributed by atoms with Crippen LogP contribution in [-0.2, 0) is 0 Å². The molecule has 0 unspecified atom stereocenters. The van der Waals surface area contributed by atoms with Gasteiger partial charge in [0.25, 0.3) is 5.91 Å². The van der Waals surface area contributed by atoms with Crippen molar-refractivity contribution in [1.29, 1.82) is 0 Å². The Morgan fingerprint density at radius 2 is 2.27 bits per heavy atom. The molecule has 2 nitrogen and oxygen atoms in total. The lowest BCUT2D eigenvalue weighted by Gasteiger charge is -2.06. The van der Waals surface area contributed by atoms with E-state index in [4.69, 9.17) is 11.6 Å². The van der Waals surface area contributed by atoms with E-state index in [-0.39, 0.29) is 10.6 Å². The van der Waals surface area contributed by atoms with Gasteiger partial charge in [-0.1, -0.05) is 40.3 Å². The van der Waals surface area contributed by atoms with E-state index < -0.39 is 11.7 Å². The monoisotopic (exact) mass is 341 g/mol. The van der Waals surface area contributed by atoms with Gasteiger partial charge in [0.2, 0.25) is 0 Å². The third-order valence-corrected chi connectivity index (χ3v) is 2.86. The largest absolute Gasteiger partial charge is 0.352 e. The molecular formula is C10H10ClFINO. The molecule has 1 rings (SSSR count). The van der Waals surface area contributed by atoms with Gasteiger partial charge in [-0.05, 0) is 18.6 Å². The van der Waals surface area contributed by atoms with Gasteiger partial charge in [-0.3, -0.25) is 4.79 Å². The number of nitrogens with one attached hydrogen (secondary N) is 1. The normalized spacial score (nSPS) is 10.1. The third kappa shape index (κ3) is 3.61. The highest BCUT2D eigenvalue weighted by Crippen LogP contribution is 2.18. The number of rotatable bonds is 4. The van der Waals surface area contributed by atoms with E-state index in [1.165, 1.54) is 18.2 Å². The molecule has 0 bridgehead atoms. The highest BCUT2D eigenvalue weighted by molar-refractivity contribution is 14.1. The van der Waals surface area contributed by atoms with E-state index in [9.17, 15) is 9.18 Å². The first-order valence-electron chi connectivity index (χ1n) is 4.45. The molecule has 82 valence electrons. The summed E-state index contributed by atoms with van der Waals surface area (Å²) in [6, 6.07) is 4.19. The van der Waals surface area contributed by atoms with Crippen molar-refractivity contribution in [2.75, 3.05) is 11.0 Å². The van der Waals surface area contributed by atoms with Gasteiger partial charge in [0.05, 0.1) is 10.6 Å². The second-order valence-electron chi connectivity index (χ2n) is 2.90. The maximum atomic E-state index is 13.3. The topological polar surface area (TPSA) is 29.1 Å². The molecule has 0 radical (unpaired) electrons. The van der Waals surface area contributed by atoms with Crippen LogP contribution in [0.4, 0.5) is 4.39 Å². The molecule has 1 aromatic carbocycles. The van der Waals surface area contributed by atoms with Crippen molar-refractivity contribution in [2.24, 2.45) is 0 Å². The smallest absolute Gasteiger partial charge is 0.255 e. The Morgan fingerprint density at radius 3 is 2.87 bits per heavy atom. The lowest BCUT2D eigenvalue weighted by molar-refractivity contribution is 0.0950. The third-order valence-electron chi connectivity index (χ3n) is 1.79. The summed E-state index contributed by atoms with van der Waals surface area (Å²) in [4.78, 5) is 11.5. The Balaban J connectivity index is 2.73. The van der Waals surface area contributed by atoms with Crippen molar-refractivity contribution in [3.05, 3.63) is 34.6 Å². The number of hydrogen-bond acceptors (Lipinski definition) is 1. The van der Waals surface area contributed by atoms with E-state index in [2.05, 4.69) is 27.9 Å². The number of benzene rings is 1. The van der Waals surface area contributed by atoms with E-state index in [0.29, 0.717) is 6.54 Å². The van der Waals surface area contributed by atoms with Gasteiger partial charge in [-0.2, -0.15) is 0 Å². The summed E-state index contributed by atoms with van der Waals surface area (Å²) in [6.07, 6.45) is 0.859. The number of carbonyl (C=O) groups is 1. The van der Waals surface area contributed by atoms with Crippen molar-refractivity contribution in [3.63, 3.8) is 0 Å². The fraction of sp³-hybridized carbons (Fsp3) is 0.300. The summed E-state index contributed by atoms with van der Waals surface area (Å²) in [6.45, 7) is 0.534. The van der Waals surface area contributed by atoms with Crippen LogP contribution in [0.2, 0.25) is 5.02 Å². The molecule has 0 heterocycles. The van der Waals surface area contributed by atoms with Crippen LogP contribution in [0.25, 0.3) is 0 Å². The van der Waals surface area contributed by atoms with Crippen LogP contribution in [-0.4, -0.2) is 16.9 Å². The van der Waals surface area contributed by atoms with Crippen molar-refractivity contribution in [2.45, 2.75) is 6.42 Å². The number of carbonyl (C=O) groups excluding carboxylic acids is 1. The van der Waals surface area contributed by atoms with Crippen LogP contribution < -0.4 is 5.32 Å². The van der Waals surface area contributed by atoms with Crippen LogP contribution in [0.5, 0.6) is 0 Å². The van der Waals surface area contributed by atoms with Gasteiger partial charge in [-0.25, -0.2) is 4.39 Å². The highest BCUT2D eigenvalue weighted by Gasteiger charge is 2.14. The van der Waals surface area contributed by atoms with Gasteiger partial charge in [0, 0.05) is 11.0 Å². The van der Waals surface area contributed by atoms with Crippen molar-refractivity contribution >= 4 is 40.1 Å². The highest BCUT2D eigenvalue weighted by atomic mass is 127. The maximum absolute atomic E-state index is 13.3. The molecule has 15 heavy (non-hydrogen) atoms. The predicted molar refractivity (Wildman–Crippen MR) is 67.2 cm³/mol. The average Bonchev–Trinajstić information content (AvgIpc) is 2.18. The number of hydrogen-bond donors (Lipinski definition) is 1. The van der Waals surface area contributed by atoms with Gasteiger partial charge >= 0.3 is 0 Å². The standard InChI is InChI=1S/C10H10ClFINO/c11-7-3-1-4-8(12)9(7)10(15)14-6-2-5-13/h1,3-4H,2,5-6H2,(H,14,15). The van der Waals surface area contributed by atoms with Crippen molar-refractivity contribution in [3.8, 4) is 0 Å². The van der Waals surface area contributed by atoms with Gasteiger partial charge in [-0.15, -0.1) is 0 Å². The SMILES string of the molecule is O=C(NCCCI)c1c(F)cccc1Cl. The first-order chi connectivity index (χ1) is 7.16. The summed E-state index contributed by atoms with van der Waals surface area (Å²) in [5.41, 5.74) is -0.0763. The number of alkyl halides is 1. The minimum Gasteiger partial charge on any atom is -0.352 e. The summed E-state index contributed by atoms with van der Waals surface area (Å²) >= 11 is 7.95. The zero-order valence-corrected chi connectivity index (χ0v) is 10.8. The van der Waals surface area contributed by atoms with Gasteiger partial charge in [0.1, 0.15) is 5.82 Å². The zero-order valence-electron chi connectivity index (χ0n) is 7.90. The Kier molecular flexibility index (Phi) is 5.31. The van der Waals surface area contributed by atoms with Crippen LogP contribution in [0, 0.1) is 5.82 Å². The molecule has 1 amide bonds. The van der Waals surface area contributed by atoms with E-state index in [0.717, 1.165) is 10.8 Å². The predicted octanol–water partition coefficient (Wildman–Crippen LogP) is 3.03. The summed E-state index contributed by atoms with van der Waals surface area (Å²) in [5.74, 6) is -1.04. The van der Waals surface area contributed by atoms with Crippen LogP contribution >= 0.6 is 34.2 Å². The molecule has 0 spiro atoms. The summed E-state index contributed by atoms with van der Waals surface area (Å²) < 4.78 is 14.2. The molecular weight excluding hydrogens is 331 g/mol. The fourth-order valence-corrected chi connectivity index (χ4v) is 1.70. The lowest BCUT2D eigenvalue weighted by Crippen LogP contribution is -2.25. The Labute approximate surface area is 106 Å². The molecule has 0 aromatic heterocycles. The molecule has 0 aliphatic carbocycles. The molecule has 1 aromatic rings. The molecule has 0 atom stereocenters. The minimum atomic E-state index is -0.588. The van der Waals surface area contributed by atoms with Crippen LogP contribution in [0.15, 0.2) is 18.2 Å². The first-order valence-corrected chi connectivity index (χ1v) is 6.35. The molecule has 0 aliphatic rings. The van der Waals surface area contributed by atoms with Gasteiger partial charge < -0.3 is 5.32 Å². The van der Waals surface area contributed by atoms with Gasteiger partial charge in [0.15, 0.2) is 0 Å². The summed E-state index contributed by atoms with van der Waals surface area (Å²) in [7, 11) is 0. The second kappa shape index (κ2) is 6.27. The second-order valence-corrected chi connectivity index (χ2v) is 4.38. The first kappa shape index (κ1) is 12.7. The quantitative estimate of drug-likeness (QED) is 0.509. The molecule has 5 heteroatoms. The molecule has 1 N–H and O–H groups in total. The molecule has 0 fully saturated rings. The lowest BCUT2D eigenvalue weighted by atomic mass is 10.2. The van der Waals surface area contributed by atoms with Crippen LogP contribution in [0.1, 0.15) is 16.8 Å². The van der Waals surface area contributed by atoms with E-state index in [1.807, 2.05) is 0 Å². The number of halogens is 3. The van der Waals surface area contributed by atoms with E-state index in [1.54, 1.807) is 0 Å². The molecule has 0 saturated heterocycles. The molecule has 0 saturated carbocycles. The average molecular weight is 342 g/mol. The Morgan fingerprint density at radius 1 is 1.53 bits per heavy atom. The maximum Gasteiger partial charge on any atom is 0.255 e. The number of amides is 1. The Bertz CT molecular complexity index is 339. The molecule has 0 aliphatic heterocycles. The zero-order chi connectivity index (χ0) is 11.3. The van der Waals surface area contributed by atoms with Crippen molar-refractivity contribution < 1.29 is 9.18 Å².